The van der Waals surface area contributed by atoms with E-state index in [1.54, 1.807) is 0 Å². The minimum atomic E-state index is -0.885. The van der Waals surface area contributed by atoms with Gasteiger partial charge in [-0.3, -0.25) is 4.79 Å². The largest absolute Gasteiger partial charge is 0.478 e. The van der Waals surface area contributed by atoms with E-state index in [-0.39, 0.29) is 17.9 Å². The van der Waals surface area contributed by atoms with Crippen molar-refractivity contribution in [1.82, 2.24) is 9.88 Å². The Hall–Kier alpha value is -4.06. The fourth-order valence-corrected chi connectivity index (χ4v) is 6.18. The molecule has 6 rings (SSSR count). The molecule has 0 radical (unpaired) electrons. The molecule has 6 nitrogen and oxygen atoms in total. The van der Waals surface area contributed by atoms with Crippen LogP contribution in [0.5, 0.6) is 5.75 Å². The van der Waals surface area contributed by atoms with Crippen molar-refractivity contribution in [3.8, 4) is 5.75 Å². The van der Waals surface area contributed by atoms with Crippen LogP contribution in [0.4, 0.5) is 0 Å². The molecule has 1 aliphatic carbocycles. The van der Waals surface area contributed by atoms with Crippen LogP contribution in [0.3, 0.4) is 0 Å². The third-order valence-corrected chi connectivity index (χ3v) is 8.87. The number of rotatable bonds is 7. The molecule has 4 aromatic rings. The molecule has 0 bridgehead atoms. The van der Waals surface area contributed by atoms with Gasteiger partial charge in [-0.15, -0.1) is 0 Å². The molecule has 0 saturated heterocycles. The van der Waals surface area contributed by atoms with Crippen LogP contribution in [0.15, 0.2) is 60.7 Å². The van der Waals surface area contributed by atoms with E-state index < -0.39 is 12.1 Å². The van der Waals surface area contributed by atoms with Crippen LogP contribution in [0, 0.1) is 19.8 Å². The lowest BCUT2D eigenvalue weighted by Crippen LogP contribution is -2.32. The normalized spacial score (nSPS) is 20.0. The summed E-state index contributed by atoms with van der Waals surface area (Å²) in [4.78, 5) is 24.9. The molecule has 3 aromatic carbocycles. The van der Waals surface area contributed by atoms with E-state index in [2.05, 4.69) is 74.0 Å². The van der Waals surface area contributed by atoms with E-state index in [9.17, 15) is 14.7 Å². The molecule has 4 atom stereocenters. The van der Waals surface area contributed by atoms with Gasteiger partial charge in [0.2, 0.25) is 0 Å². The lowest BCUT2D eigenvalue weighted by molar-refractivity contribution is -0.146. The van der Waals surface area contributed by atoms with Gasteiger partial charge in [0.1, 0.15) is 5.75 Å². The number of aryl methyl sites for hydroxylation is 1. The zero-order chi connectivity index (χ0) is 28.3. The number of hydrogen-bond donors (Lipinski definition) is 2. The van der Waals surface area contributed by atoms with E-state index in [1.807, 2.05) is 31.2 Å². The van der Waals surface area contributed by atoms with Crippen molar-refractivity contribution in [2.75, 3.05) is 0 Å². The number of ether oxygens (including phenoxy) is 1. The van der Waals surface area contributed by atoms with Crippen molar-refractivity contribution >= 4 is 22.8 Å². The topological polar surface area (TPSA) is 80.6 Å². The van der Waals surface area contributed by atoms with Gasteiger partial charge in [0.25, 0.3) is 5.91 Å². The lowest BCUT2D eigenvalue weighted by atomic mass is 9.98. The maximum absolute atomic E-state index is 13.3. The summed E-state index contributed by atoms with van der Waals surface area (Å²) in [5.41, 5.74) is 8.52. The van der Waals surface area contributed by atoms with Crippen LogP contribution >= 0.6 is 0 Å². The number of carboxylic acids is 1. The number of amides is 1. The maximum Gasteiger partial charge on any atom is 0.345 e. The van der Waals surface area contributed by atoms with Crippen molar-refractivity contribution in [1.29, 1.82) is 0 Å². The minimum absolute atomic E-state index is 0.0904. The Morgan fingerprint density at radius 2 is 1.80 bits per heavy atom. The summed E-state index contributed by atoms with van der Waals surface area (Å²) >= 11 is 0. The molecule has 1 saturated carbocycles. The molecule has 40 heavy (non-hydrogen) atoms. The van der Waals surface area contributed by atoms with Gasteiger partial charge in [-0.2, -0.15) is 0 Å². The number of carbonyl (C=O) groups excluding carboxylic acids is 1. The number of carboxylic acid groups (broad SMARTS) is 1. The van der Waals surface area contributed by atoms with Crippen LogP contribution in [0.2, 0.25) is 0 Å². The number of aliphatic carboxylic acids is 1. The standard InChI is InChI=1S/C34H36N2O4/c1-18(2)23-7-6-8-24(14-23)20(4)35-33(37)25-10-12-30-27(15-25)19(3)21(5)36(30)17-22-9-11-26-28-16-29(28)32(34(38)39)40-31(26)13-22/h6-15,18,20,28-29,32H,16-17H2,1-5H3,(H,35,37)(H,38,39)/t20-,28?,29+,32?/m0/s1. The number of fused-ring (bicyclic) bond motifs is 4. The average Bonchev–Trinajstić information content (AvgIpc) is 3.71. The second kappa shape index (κ2) is 9.84. The first-order valence-electron chi connectivity index (χ1n) is 14.1. The van der Waals surface area contributed by atoms with Gasteiger partial charge >= 0.3 is 5.97 Å². The average molecular weight is 537 g/mol. The highest BCUT2D eigenvalue weighted by molar-refractivity contribution is 5.99. The molecular weight excluding hydrogens is 500 g/mol. The van der Waals surface area contributed by atoms with Gasteiger partial charge in [0, 0.05) is 34.6 Å². The molecule has 1 aliphatic heterocycles. The first-order valence-corrected chi connectivity index (χ1v) is 14.1. The van der Waals surface area contributed by atoms with Crippen LogP contribution < -0.4 is 10.1 Å². The zero-order valence-corrected chi connectivity index (χ0v) is 23.7. The van der Waals surface area contributed by atoms with Crippen molar-refractivity contribution in [3.05, 3.63) is 99.7 Å². The summed E-state index contributed by atoms with van der Waals surface area (Å²) in [7, 11) is 0. The van der Waals surface area contributed by atoms with Gasteiger partial charge in [0.05, 0.1) is 6.04 Å². The van der Waals surface area contributed by atoms with Crippen molar-refractivity contribution in [3.63, 3.8) is 0 Å². The molecule has 1 fully saturated rings. The fourth-order valence-electron chi connectivity index (χ4n) is 6.18. The summed E-state index contributed by atoms with van der Waals surface area (Å²) < 4.78 is 8.17. The minimum Gasteiger partial charge on any atom is -0.478 e. The second-order valence-corrected chi connectivity index (χ2v) is 11.8. The Labute approximate surface area is 235 Å². The van der Waals surface area contributed by atoms with E-state index in [0.29, 0.717) is 29.7 Å². The number of hydrogen-bond acceptors (Lipinski definition) is 3. The Kier molecular flexibility index (Phi) is 6.44. The van der Waals surface area contributed by atoms with Gasteiger partial charge < -0.3 is 19.7 Å². The highest BCUT2D eigenvalue weighted by Gasteiger charge is 2.52. The van der Waals surface area contributed by atoms with Gasteiger partial charge in [-0.25, -0.2) is 4.79 Å². The number of carbonyl (C=O) groups is 2. The summed E-state index contributed by atoms with van der Waals surface area (Å²) in [5, 5.41) is 13.8. The number of nitrogens with zero attached hydrogens (tertiary/aromatic N) is 1. The molecular formula is C34H36N2O4. The molecule has 2 N–H and O–H groups in total. The number of aromatic nitrogens is 1. The van der Waals surface area contributed by atoms with E-state index in [0.717, 1.165) is 45.3 Å². The lowest BCUT2D eigenvalue weighted by Gasteiger charge is -2.23. The van der Waals surface area contributed by atoms with Crippen molar-refractivity contribution < 1.29 is 19.4 Å². The van der Waals surface area contributed by atoms with Crippen molar-refractivity contribution in [2.45, 2.75) is 71.6 Å². The molecule has 2 unspecified atom stereocenters. The third-order valence-electron chi connectivity index (χ3n) is 8.87. The molecule has 2 heterocycles. The van der Waals surface area contributed by atoms with E-state index in [4.69, 9.17) is 4.74 Å². The monoisotopic (exact) mass is 536 g/mol. The molecule has 1 aromatic heterocycles. The summed E-state index contributed by atoms with van der Waals surface area (Å²) in [6.07, 6.45) is 0.124. The van der Waals surface area contributed by atoms with Crippen LogP contribution in [-0.4, -0.2) is 27.7 Å². The first kappa shape index (κ1) is 26.2. The smallest absolute Gasteiger partial charge is 0.345 e. The molecule has 0 spiro atoms. The molecule has 1 amide bonds. The maximum atomic E-state index is 13.3. The highest BCUT2D eigenvalue weighted by Crippen LogP contribution is 2.56. The van der Waals surface area contributed by atoms with Crippen molar-refractivity contribution in [2.24, 2.45) is 5.92 Å². The first-order chi connectivity index (χ1) is 19.1. The van der Waals surface area contributed by atoms with Gasteiger partial charge in [-0.05, 0) is 91.1 Å². The van der Waals surface area contributed by atoms with E-state index in [1.165, 1.54) is 5.56 Å². The quantitative estimate of drug-likeness (QED) is 0.270. The van der Waals surface area contributed by atoms with Crippen LogP contribution in [-0.2, 0) is 11.3 Å². The Morgan fingerprint density at radius 1 is 1.02 bits per heavy atom. The number of nitrogens with one attached hydrogen (secondary N) is 1. The summed E-state index contributed by atoms with van der Waals surface area (Å²) in [5.74, 6) is 0.538. The summed E-state index contributed by atoms with van der Waals surface area (Å²) in [6.45, 7) is 11.2. The predicted octanol–water partition coefficient (Wildman–Crippen LogP) is 6.87. The van der Waals surface area contributed by atoms with Gasteiger partial charge in [0.15, 0.2) is 6.10 Å². The molecule has 206 valence electrons. The Bertz CT molecular complexity index is 1650. The third kappa shape index (κ3) is 4.55. The van der Waals surface area contributed by atoms with Gasteiger partial charge in [-0.1, -0.05) is 50.2 Å². The van der Waals surface area contributed by atoms with Crippen LogP contribution in [0.1, 0.15) is 88.9 Å². The highest BCUT2D eigenvalue weighted by atomic mass is 16.5. The van der Waals surface area contributed by atoms with Crippen LogP contribution in [0.25, 0.3) is 10.9 Å². The second-order valence-electron chi connectivity index (χ2n) is 11.8. The zero-order valence-electron chi connectivity index (χ0n) is 23.7. The van der Waals surface area contributed by atoms with E-state index >= 15 is 0 Å². The number of benzene rings is 3. The Balaban J connectivity index is 1.24. The SMILES string of the molecule is Cc1c(C)n(Cc2ccc3c(c2)OC(C(=O)O)[C@@H]2CC32)c2ccc(C(=O)N[C@@H](C)c3cccc(C(C)C)c3)cc12. The predicted molar refractivity (Wildman–Crippen MR) is 156 cm³/mol. The molecule has 6 heteroatoms. The summed E-state index contributed by atoms with van der Waals surface area (Å²) in [6, 6.07) is 20.4. The fraction of sp³-hybridized carbons (Fsp3) is 0.353. The molecule has 2 aliphatic rings. The Morgan fingerprint density at radius 3 is 2.55 bits per heavy atom.